The van der Waals surface area contributed by atoms with E-state index in [2.05, 4.69) is 55.4 Å². The van der Waals surface area contributed by atoms with Crippen LogP contribution in [0, 0.1) is 5.92 Å². The van der Waals surface area contributed by atoms with E-state index in [4.69, 9.17) is 0 Å². The van der Waals surface area contributed by atoms with Crippen LogP contribution in [0.2, 0.25) is 0 Å². The van der Waals surface area contributed by atoms with E-state index in [-0.39, 0.29) is 0 Å². The van der Waals surface area contributed by atoms with Crippen LogP contribution in [0.4, 0.5) is 0 Å². The van der Waals surface area contributed by atoms with Crippen molar-refractivity contribution in [3.8, 4) is 0 Å². The minimum atomic E-state index is 0.694. The van der Waals surface area contributed by atoms with Crippen molar-refractivity contribution in [1.29, 1.82) is 0 Å². The largest absolute Gasteiger partial charge is 0.305 e. The van der Waals surface area contributed by atoms with Crippen molar-refractivity contribution in [2.45, 2.75) is 24.8 Å². The van der Waals surface area contributed by atoms with Gasteiger partial charge in [-0.2, -0.15) is 0 Å². The van der Waals surface area contributed by atoms with Crippen LogP contribution in [0.3, 0.4) is 0 Å². The lowest BCUT2D eigenvalue weighted by molar-refractivity contribution is 0.180. The number of nitrogens with zero attached hydrogens (tertiary/aromatic N) is 1. The predicted molar refractivity (Wildman–Crippen MR) is 67.6 cm³/mol. The molecule has 2 unspecified atom stereocenters. The fraction of sp³-hybridized carbons (Fsp3) is 0.467. The fourth-order valence-electron chi connectivity index (χ4n) is 3.53. The molecule has 1 aromatic rings. The summed E-state index contributed by atoms with van der Waals surface area (Å²) < 4.78 is 0. The van der Waals surface area contributed by atoms with Gasteiger partial charge in [0.1, 0.15) is 0 Å². The summed E-state index contributed by atoms with van der Waals surface area (Å²) in [6, 6.07) is 9.69. The van der Waals surface area contributed by atoms with Crippen molar-refractivity contribution in [2.24, 2.45) is 5.92 Å². The first-order chi connectivity index (χ1) is 7.77. The zero-order chi connectivity index (χ0) is 11.1. The summed E-state index contributed by atoms with van der Waals surface area (Å²) >= 11 is 0. The minimum Gasteiger partial charge on any atom is -0.305 e. The molecule has 1 nitrogen and oxygen atoms in total. The zero-order valence-electron chi connectivity index (χ0n) is 10.1. The molecule has 0 fully saturated rings. The Morgan fingerprint density at radius 2 is 2.00 bits per heavy atom. The van der Waals surface area contributed by atoms with E-state index in [1.54, 1.807) is 11.1 Å². The van der Waals surface area contributed by atoms with Gasteiger partial charge in [-0.25, -0.2) is 0 Å². The molecule has 0 heterocycles. The molecule has 0 aliphatic heterocycles. The molecular formula is C15H19N. The van der Waals surface area contributed by atoms with E-state index in [1.807, 2.05) is 0 Å². The van der Waals surface area contributed by atoms with Crippen LogP contribution in [0.25, 0.3) is 0 Å². The van der Waals surface area contributed by atoms with E-state index >= 15 is 0 Å². The summed E-state index contributed by atoms with van der Waals surface area (Å²) in [7, 11) is 4.44. The van der Waals surface area contributed by atoms with Crippen LogP contribution in [0.1, 0.15) is 23.5 Å². The first kappa shape index (κ1) is 10.1. The second-order valence-electron chi connectivity index (χ2n) is 5.29. The number of fused-ring (bicyclic) bond motifs is 4. The highest BCUT2D eigenvalue weighted by molar-refractivity contribution is 5.38. The molecule has 0 aromatic heterocycles. The summed E-state index contributed by atoms with van der Waals surface area (Å²) in [5.41, 5.74) is 3.15. The van der Waals surface area contributed by atoms with Gasteiger partial charge in [0.25, 0.3) is 0 Å². The van der Waals surface area contributed by atoms with Gasteiger partial charge < -0.3 is 4.90 Å². The molecular weight excluding hydrogens is 194 g/mol. The van der Waals surface area contributed by atoms with Crippen molar-refractivity contribution in [1.82, 2.24) is 4.90 Å². The molecule has 0 N–H and O–H groups in total. The van der Waals surface area contributed by atoms with Crippen LogP contribution >= 0.6 is 0 Å². The molecule has 0 saturated carbocycles. The van der Waals surface area contributed by atoms with Gasteiger partial charge in [-0.3, -0.25) is 0 Å². The average molecular weight is 213 g/mol. The van der Waals surface area contributed by atoms with Gasteiger partial charge in [0.2, 0.25) is 0 Å². The lowest BCUT2D eigenvalue weighted by Crippen LogP contribution is -2.45. The van der Waals surface area contributed by atoms with Crippen LogP contribution in [-0.4, -0.2) is 25.0 Å². The molecule has 3 atom stereocenters. The maximum Gasteiger partial charge on any atom is 0.0227 e. The number of likely N-dealkylation sites (N-methyl/N-ethyl adjacent to an activating group) is 1. The van der Waals surface area contributed by atoms with E-state index in [0.717, 1.165) is 0 Å². The Morgan fingerprint density at radius 3 is 2.81 bits per heavy atom. The van der Waals surface area contributed by atoms with Gasteiger partial charge in [0, 0.05) is 12.0 Å². The van der Waals surface area contributed by atoms with Crippen molar-refractivity contribution in [3.05, 3.63) is 47.5 Å². The molecule has 0 saturated heterocycles. The summed E-state index contributed by atoms with van der Waals surface area (Å²) in [5.74, 6) is 1.42. The van der Waals surface area contributed by atoms with Crippen LogP contribution in [0.5, 0.6) is 0 Å². The van der Waals surface area contributed by atoms with Gasteiger partial charge >= 0.3 is 0 Å². The monoisotopic (exact) mass is 213 g/mol. The quantitative estimate of drug-likeness (QED) is 0.648. The molecule has 16 heavy (non-hydrogen) atoms. The Labute approximate surface area is 97.8 Å². The molecule has 0 spiro atoms. The summed E-state index contributed by atoms with van der Waals surface area (Å²) in [4.78, 5) is 2.41. The molecule has 1 aromatic carbocycles. The normalized spacial score (nSPS) is 31.6. The van der Waals surface area contributed by atoms with Crippen LogP contribution in [-0.2, 0) is 6.42 Å². The number of hydrogen-bond donors (Lipinski definition) is 0. The van der Waals surface area contributed by atoms with E-state index in [0.29, 0.717) is 17.9 Å². The Hall–Kier alpha value is -1.08. The minimum absolute atomic E-state index is 0.694. The number of benzene rings is 1. The lowest BCUT2D eigenvalue weighted by atomic mass is 9.68. The highest BCUT2D eigenvalue weighted by atomic mass is 15.1. The van der Waals surface area contributed by atoms with Gasteiger partial charge in [-0.1, -0.05) is 36.4 Å². The SMILES string of the molecule is CN(C)[C@H]1C2C=CCC1c1ccccc1C2. The van der Waals surface area contributed by atoms with Gasteiger partial charge in [-0.15, -0.1) is 0 Å². The number of rotatable bonds is 1. The van der Waals surface area contributed by atoms with Crippen LogP contribution < -0.4 is 0 Å². The smallest absolute Gasteiger partial charge is 0.0227 e. The Morgan fingerprint density at radius 1 is 1.19 bits per heavy atom. The van der Waals surface area contributed by atoms with Crippen molar-refractivity contribution in [3.63, 3.8) is 0 Å². The standard InChI is InChI=1S/C15H19N/c1-16(2)15-12-7-5-9-14(15)13-8-4-3-6-11(13)10-12/h3-8,12,14-15H,9-10H2,1-2H3/t12?,14?,15-/m0/s1. The van der Waals surface area contributed by atoms with Crippen molar-refractivity contribution >= 4 is 0 Å². The third-order valence-corrected chi connectivity index (χ3v) is 4.13. The highest BCUT2D eigenvalue weighted by Gasteiger charge is 2.37. The van der Waals surface area contributed by atoms with E-state index in [1.165, 1.54) is 12.8 Å². The third kappa shape index (κ3) is 1.42. The molecule has 2 aliphatic carbocycles. The number of hydrogen-bond acceptors (Lipinski definition) is 1. The zero-order valence-corrected chi connectivity index (χ0v) is 10.1. The van der Waals surface area contributed by atoms with Crippen LogP contribution in [0.15, 0.2) is 36.4 Å². The second kappa shape index (κ2) is 3.74. The Balaban J connectivity index is 2.08. The lowest BCUT2D eigenvalue weighted by Gasteiger charge is -2.44. The maximum absolute atomic E-state index is 2.43. The topological polar surface area (TPSA) is 3.24 Å². The molecule has 0 radical (unpaired) electrons. The predicted octanol–water partition coefficient (Wildman–Crippen LogP) is 2.83. The molecule has 1 heteroatoms. The Kier molecular flexibility index (Phi) is 2.36. The summed E-state index contributed by atoms with van der Waals surface area (Å²) in [6.07, 6.45) is 7.23. The van der Waals surface area contributed by atoms with E-state index < -0.39 is 0 Å². The number of allylic oxidation sites excluding steroid dienone is 1. The van der Waals surface area contributed by atoms with Crippen molar-refractivity contribution in [2.75, 3.05) is 14.1 Å². The van der Waals surface area contributed by atoms with Gasteiger partial charge in [-0.05, 0) is 44.0 Å². The summed E-state index contributed by atoms with van der Waals surface area (Å²) in [6.45, 7) is 0. The fourth-order valence-corrected chi connectivity index (χ4v) is 3.53. The van der Waals surface area contributed by atoms with Gasteiger partial charge in [0.05, 0.1) is 0 Å². The maximum atomic E-state index is 2.43. The molecule has 3 rings (SSSR count). The Bertz CT molecular complexity index is 419. The third-order valence-electron chi connectivity index (χ3n) is 4.13. The van der Waals surface area contributed by atoms with Gasteiger partial charge in [0.15, 0.2) is 0 Å². The second-order valence-corrected chi connectivity index (χ2v) is 5.29. The first-order valence-corrected chi connectivity index (χ1v) is 6.18. The van der Waals surface area contributed by atoms with Crippen molar-refractivity contribution < 1.29 is 0 Å². The highest BCUT2D eigenvalue weighted by Crippen LogP contribution is 2.42. The molecule has 2 aliphatic rings. The first-order valence-electron chi connectivity index (χ1n) is 6.18. The molecule has 2 bridgehead atoms. The molecule has 0 amide bonds. The molecule has 84 valence electrons. The van der Waals surface area contributed by atoms with E-state index in [9.17, 15) is 0 Å². The average Bonchev–Trinajstić information content (AvgIpc) is 2.28. The summed E-state index contributed by atoms with van der Waals surface area (Å²) in [5, 5.41) is 0.